The fourth-order valence-corrected chi connectivity index (χ4v) is 2.43. The summed E-state index contributed by atoms with van der Waals surface area (Å²) < 4.78 is 0. The lowest BCUT2D eigenvalue weighted by molar-refractivity contribution is 0.407. The minimum atomic E-state index is 0.103. The largest absolute Gasteiger partial charge is 0.352 e. The van der Waals surface area contributed by atoms with E-state index in [9.17, 15) is 0 Å². The van der Waals surface area contributed by atoms with E-state index < -0.39 is 0 Å². The molecule has 0 fully saturated rings. The Hall–Kier alpha value is -2.85. The van der Waals surface area contributed by atoms with E-state index in [-0.39, 0.29) is 11.2 Å². The van der Waals surface area contributed by atoms with Crippen molar-refractivity contribution in [2.24, 2.45) is 5.41 Å². The summed E-state index contributed by atoms with van der Waals surface area (Å²) in [6.07, 6.45) is 1.64. The fourth-order valence-electron chi connectivity index (χ4n) is 2.43. The molecule has 0 radical (unpaired) electrons. The molecule has 4 nitrogen and oxygen atoms in total. The summed E-state index contributed by atoms with van der Waals surface area (Å²) in [4.78, 5) is 10.5. The van der Waals surface area contributed by atoms with Crippen molar-refractivity contribution in [2.75, 3.05) is 11.4 Å². The van der Waals surface area contributed by atoms with E-state index >= 15 is 0 Å². The van der Waals surface area contributed by atoms with Crippen LogP contribution in [0.15, 0.2) is 36.5 Å². The summed E-state index contributed by atoms with van der Waals surface area (Å²) in [5.74, 6) is 6.93. The van der Waals surface area contributed by atoms with Gasteiger partial charge >= 0.3 is 0 Å². The van der Waals surface area contributed by atoms with E-state index in [4.69, 9.17) is 5.26 Å². The van der Waals surface area contributed by atoms with Crippen molar-refractivity contribution in [3.05, 3.63) is 53.5 Å². The van der Waals surface area contributed by atoms with Gasteiger partial charge in [0.15, 0.2) is 0 Å². The van der Waals surface area contributed by atoms with Crippen molar-refractivity contribution in [3.8, 4) is 17.9 Å². The maximum atomic E-state index is 9.04. The van der Waals surface area contributed by atoms with Crippen LogP contribution in [0.2, 0.25) is 0 Å². The van der Waals surface area contributed by atoms with Crippen molar-refractivity contribution in [1.82, 2.24) is 9.97 Å². The Morgan fingerprint density at radius 3 is 2.42 bits per heavy atom. The Labute approximate surface area is 144 Å². The second-order valence-corrected chi connectivity index (χ2v) is 6.84. The van der Waals surface area contributed by atoms with Crippen molar-refractivity contribution < 1.29 is 0 Å². The highest BCUT2D eigenvalue weighted by Crippen LogP contribution is 2.22. The number of hydrogen-bond acceptors (Lipinski definition) is 4. The Balaban J connectivity index is 2.28. The number of benzene rings is 1. The van der Waals surface area contributed by atoms with Crippen LogP contribution in [0.25, 0.3) is 0 Å². The summed E-state index contributed by atoms with van der Waals surface area (Å²) in [5.41, 5.74) is 2.29. The monoisotopic (exact) mass is 318 g/mol. The quantitative estimate of drug-likeness (QED) is 0.805. The van der Waals surface area contributed by atoms with Crippen molar-refractivity contribution in [3.63, 3.8) is 0 Å². The minimum absolute atomic E-state index is 0.103. The third kappa shape index (κ3) is 5.11. The standard InChI is InChI=1S/C20H22N4/c1-5-6-16-7-9-17(10-8-16)14-24(15-20(2,3)4)19-11-12-22-18(13-21)23-19/h7-12H,14-15H2,1-4H3. The highest BCUT2D eigenvalue weighted by Gasteiger charge is 2.18. The Bertz CT molecular complexity index is 783. The second kappa shape index (κ2) is 7.62. The molecule has 4 heteroatoms. The number of aromatic nitrogens is 2. The van der Waals surface area contributed by atoms with Gasteiger partial charge in [-0.15, -0.1) is 5.92 Å². The first-order valence-corrected chi connectivity index (χ1v) is 7.91. The first-order chi connectivity index (χ1) is 11.4. The number of nitrogens with zero attached hydrogens (tertiary/aromatic N) is 4. The molecule has 0 saturated carbocycles. The zero-order valence-corrected chi connectivity index (χ0v) is 14.7. The zero-order chi connectivity index (χ0) is 17.6. The van der Waals surface area contributed by atoms with Crippen LogP contribution in [0.3, 0.4) is 0 Å². The molecular formula is C20H22N4. The molecule has 1 heterocycles. The van der Waals surface area contributed by atoms with Crippen LogP contribution in [0.1, 0.15) is 44.6 Å². The number of anilines is 1. The van der Waals surface area contributed by atoms with Crippen molar-refractivity contribution in [1.29, 1.82) is 5.26 Å². The summed E-state index contributed by atoms with van der Waals surface area (Å²) in [6.45, 7) is 9.94. The Morgan fingerprint density at radius 2 is 1.83 bits per heavy atom. The zero-order valence-electron chi connectivity index (χ0n) is 14.7. The van der Waals surface area contributed by atoms with Crippen LogP contribution in [0, 0.1) is 28.6 Å². The molecule has 0 unspecified atom stereocenters. The lowest BCUT2D eigenvalue weighted by Gasteiger charge is -2.31. The van der Waals surface area contributed by atoms with Gasteiger partial charge in [0.2, 0.25) is 5.82 Å². The van der Waals surface area contributed by atoms with Crippen LogP contribution in [-0.2, 0) is 6.54 Å². The fraction of sp³-hybridized carbons (Fsp3) is 0.350. The predicted octanol–water partition coefficient (Wildman–Crippen LogP) is 3.77. The SMILES string of the molecule is CC#Cc1ccc(CN(CC(C)(C)C)c2ccnc(C#N)n2)cc1. The molecule has 0 aliphatic rings. The molecule has 0 aliphatic carbocycles. The maximum absolute atomic E-state index is 9.04. The van der Waals surface area contributed by atoms with Gasteiger partial charge in [0, 0.05) is 24.8 Å². The molecule has 122 valence electrons. The van der Waals surface area contributed by atoms with Gasteiger partial charge in [0.25, 0.3) is 0 Å². The average Bonchev–Trinajstić information content (AvgIpc) is 2.55. The third-order valence-corrected chi connectivity index (χ3v) is 3.33. The minimum Gasteiger partial charge on any atom is -0.352 e. The van der Waals surface area contributed by atoms with Crippen LogP contribution in [-0.4, -0.2) is 16.5 Å². The smallest absolute Gasteiger partial charge is 0.234 e. The highest BCUT2D eigenvalue weighted by atomic mass is 15.2. The van der Waals surface area contributed by atoms with Gasteiger partial charge < -0.3 is 4.90 Å². The molecule has 0 saturated heterocycles. The van der Waals surface area contributed by atoms with Crippen LogP contribution in [0.5, 0.6) is 0 Å². The van der Waals surface area contributed by atoms with Crippen LogP contribution < -0.4 is 4.90 Å². The van der Waals surface area contributed by atoms with E-state index in [1.54, 1.807) is 6.20 Å². The van der Waals surface area contributed by atoms with Crippen LogP contribution in [0.4, 0.5) is 5.82 Å². The van der Waals surface area contributed by atoms with Gasteiger partial charge in [0.05, 0.1) is 0 Å². The van der Waals surface area contributed by atoms with Gasteiger partial charge in [0.1, 0.15) is 11.9 Å². The molecule has 1 aromatic carbocycles. The molecule has 2 rings (SSSR count). The molecule has 0 spiro atoms. The summed E-state index contributed by atoms with van der Waals surface area (Å²) in [6, 6.07) is 12.1. The Morgan fingerprint density at radius 1 is 1.12 bits per heavy atom. The van der Waals surface area contributed by atoms with E-state index in [1.807, 2.05) is 31.2 Å². The molecular weight excluding hydrogens is 296 g/mol. The maximum Gasteiger partial charge on any atom is 0.234 e. The lowest BCUT2D eigenvalue weighted by atomic mass is 9.95. The first-order valence-electron chi connectivity index (χ1n) is 7.91. The summed E-state index contributed by atoms with van der Waals surface area (Å²) in [5, 5.41) is 9.04. The molecule has 24 heavy (non-hydrogen) atoms. The summed E-state index contributed by atoms with van der Waals surface area (Å²) >= 11 is 0. The molecule has 0 N–H and O–H groups in total. The molecule has 0 atom stereocenters. The Kier molecular flexibility index (Phi) is 5.55. The molecule has 2 aromatic rings. The predicted molar refractivity (Wildman–Crippen MR) is 96.2 cm³/mol. The van der Waals surface area contributed by atoms with Gasteiger partial charge in [-0.3, -0.25) is 0 Å². The van der Waals surface area contributed by atoms with E-state index in [2.05, 4.69) is 59.6 Å². The third-order valence-electron chi connectivity index (χ3n) is 3.33. The number of rotatable bonds is 4. The molecule has 0 bridgehead atoms. The van der Waals surface area contributed by atoms with E-state index in [0.717, 1.165) is 24.5 Å². The molecule has 0 aliphatic heterocycles. The average molecular weight is 318 g/mol. The number of hydrogen-bond donors (Lipinski definition) is 0. The second-order valence-electron chi connectivity index (χ2n) is 6.84. The normalized spacial score (nSPS) is 10.5. The number of nitriles is 1. The highest BCUT2D eigenvalue weighted by molar-refractivity contribution is 5.42. The van der Waals surface area contributed by atoms with Gasteiger partial charge in [-0.1, -0.05) is 38.8 Å². The van der Waals surface area contributed by atoms with Crippen LogP contribution >= 0.6 is 0 Å². The van der Waals surface area contributed by atoms with Gasteiger partial charge in [-0.2, -0.15) is 5.26 Å². The van der Waals surface area contributed by atoms with Gasteiger partial charge in [-0.05, 0) is 36.1 Å². The van der Waals surface area contributed by atoms with E-state index in [0.29, 0.717) is 0 Å². The molecule has 0 amide bonds. The van der Waals surface area contributed by atoms with E-state index in [1.165, 1.54) is 5.56 Å². The lowest BCUT2D eigenvalue weighted by Crippen LogP contribution is -2.33. The van der Waals surface area contributed by atoms with Gasteiger partial charge in [-0.25, -0.2) is 9.97 Å². The first kappa shape index (κ1) is 17.5. The molecule has 1 aromatic heterocycles. The van der Waals surface area contributed by atoms with Crippen molar-refractivity contribution in [2.45, 2.75) is 34.2 Å². The van der Waals surface area contributed by atoms with Crippen molar-refractivity contribution >= 4 is 5.82 Å². The summed E-state index contributed by atoms with van der Waals surface area (Å²) in [7, 11) is 0. The topological polar surface area (TPSA) is 52.8 Å².